The van der Waals surface area contributed by atoms with E-state index in [9.17, 15) is 4.79 Å². The van der Waals surface area contributed by atoms with E-state index in [1.807, 2.05) is 6.92 Å². The van der Waals surface area contributed by atoms with Gasteiger partial charge in [-0.3, -0.25) is 4.79 Å². The molecule has 1 aliphatic heterocycles. The van der Waals surface area contributed by atoms with Gasteiger partial charge in [0, 0.05) is 6.61 Å². The summed E-state index contributed by atoms with van der Waals surface area (Å²) >= 11 is 0. The van der Waals surface area contributed by atoms with Crippen molar-refractivity contribution >= 4 is 5.91 Å². The topological polar surface area (TPSA) is 58.6 Å². The van der Waals surface area contributed by atoms with Crippen LogP contribution in [0, 0.1) is 5.92 Å². The van der Waals surface area contributed by atoms with Gasteiger partial charge in [-0.05, 0) is 12.8 Å². The summed E-state index contributed by atoms with van der Waals surface area (Å²) in [4.78, 5) is 11.5. The maximum atomic E-state index is 11.5. The lowest BCUT2D eigenvalue weighted by Crippen LogP contribution is -2.40. The molecule has 1 unspecified atom stereocenters. The van der Waals surface area contributed by atoms with Gasteiger partial charge in [0.15, 0.2) is 0 Å². The molecule has 0 spiro atoms. The van der Waals surface area contributed by atoms with E-state index in [1.165, 1.54) is 0 Å². The van der Waals surface area contributed by atoms with Crippen LogP contribution in [0.4, 0.5) is 0 Å². The van der Waals surface area contributed by atoms with Crippen LogP contribution in [-0.4, -0.2) is 36.9 Å². The maximum absolute atomic E-state index is 11.5. The second-order valence-corrected chi connectivity index (χ2v) is 3.36. The number of carbonyl (C=O) groups is 1. The highest BCUT2D eigenvalue weighted by molar-refractivity contribution is 5.79. The highest BCUT2D eigenvalue weighted by Gasteiger charge is 2.24. The van der Waals surface area contributed by atoms with Crippen LogP contribution < -0.4 is 5.32 Å². The standard InChI is InChI=1S/C9H17NO3/c1-2-8(5-11)10-9(12)7-3-4-13-6-7/h7-8,11H,2-6H2,1H3,(H,10,12)/t7?,8-/m1/s1. The fraction of sp³-hybridized carbons (Fsp3) is 0.889. The van der Waals surface area contributed by atoms with Crippen LogP contribution in [-0.2, 0) is 9.53 Å². The predicted octanol–water partition coefficient (Wildman–Crippen LogP) is -0.0900. The Labute approximate surface area is 78.3 Å². The van der Waals surface area contributed by atoms with E-state index in [0.717, 1.165) is 12.8 Å². The Morgan fingerprint density at radius 1 is 1.77 bits per heavy atom. The Bertz CT molecular complexity index is 162. The summed E-state index contributed by atoms with van der Waals surface area (Å²) in [5, 5.41) is 11.7. The van der Waals surface area contributed by atoms with Gasteiger partial charge in [0.25, 0.3) is 0 Å². The van der Waals surface area contributed by atoms with E-state index >= 15 is 0 Å². The van der Waals surface area contributed by atoms with Gasteiger partial charge in [-0.1, -0.05) is 6.92 Å². The van der Waals surface area contributed by atoms with E-state index in [4.69, 9.17) is 9.84 Å². The van der Waals surface area contributed by atoms with Crippen molar-refractivity contribution in [2.45, 2.75) is 25.8 Å². The van der Waals surface area contributed by atoms with E-state index < -0.39 is 0 Å². The quantitative estimate of drug-likeness (QED) is 0.646. The van der Waals surface area contributed by atoms with Crippen LogP contribution in [0.1, 0.15) is 19.8 Å². The third kappa shape index (κ3) is 2.97. The molecule has 4 nitrogen and oxygen atoms in total. The molecule has 0 aromatic heterocycles. The number of hydrogen-bond donors (Lipinski definition) is 2. The molecule has 13 heavy (non-hydrogen) atoms. The van der Waals surface area contributed by atoms with Crippen molar-refractivity contribution in [1.29, 1.82) is 0 Å². The van der Waals surface area contributed by atoms with Crippen LogP contribution in [0.15, 0.2) is 0 Å². The molecular formula is C9H17NO3. The molecule has 1 heterocycles. The van der Waals surface area contributed by atoms with Crippen molar-refractivity contribution in [3.05, 3.63) is 0 Å². The molecule has 0 aromatic carbocycles. The molecule has 1 aliphatic rings. The number of amides is 1. The van der Waals surface area contributed by atoms with Gasteiger partial charge < -0.3 is 15.2 Å². The molecule has 0 aromatic rings. The zero-order valence-corrected chi connectivity index (χ0v) is 7.95. The van der Waals surface area contributed by atoms with Crippen LogP contribution in [0.3, 0.4) is 0 Å². The third-order valence-corrected chi connectivity index (χ3v) is 2.36. The van der Waals surface area contributed by atoms with Crippen LogP contribution in [0.5, 0.6) is 0 Å². The smallest absolute Gasteiger partial charge is 0.225 e. The summed E-state index contributed by atoms with van der Waals surface area (Å²) in [6.07, 6.45) is 1.56. The molecule has 4 heteroatoms. The van der Waals surface area contributed by atoms with Crippen molar-refractivity contribution in [3.63, 3.8) is 0 Å². The van der Waals surface area contributed by atoms with Gasteiger partial charge in [-0.15, -0.1) is 0 Å². The van der Waals surface area contributed by atoms with E-state index in [2.05, 4.69) is 5.32 Å². The monoisotopic (exact) mass is 187 g/mol. The highest BCUT2D eigenvalue weighted by Crippen LogP contribution is 2.12. The van der Waals surface area contributed by atoms with Gasteiger partial charge in [-0.2, -0.15) is 0 Å². The normalized spacial score (nSPS) is 24.3. The first-order valence-electron chi connectivity index (χ1n) is 4.77. The number of carbonyl (C=O) groups excluding carboxylic acids is 1. The summed E-state index contributed by atoms with van der Waals surface area (Å²) in [7, 11) is 0. The molecule has 0 saturated carbocycles. The molecule has 1 saturated heterocycles. The number of nitrogens with one attached hydrogen (secondary N) is 1. The molecular weight excluding hydrogens is 170 g/mol. The molecule has 0 aliphatic carbocycles. The number of ether oxygens (including phenoxy) is 1. The van der Waals surface area contributed by atoms with Crippen LogP contribution in [0.25, 0.3) is 0 Å². The van der Waals surface area contributed by atoms with Gasteiger partial charge >= 0.3 is 0 Å². The molecule has 0 bridgehead atoms. The fourth-order valence-electron chi connectivity index (χ4n) is 1.34. The van der Waals surface area contributed by atoms with Crippen molar-refractivity contribution in [2.75, 3.05) is 19.8 Å². The molecule has 1 amide bonds. The average Bonchev–Trinajstić information content (AvgIpc) is 2.66. The lowest BCUT2D eigenvalue weighted by molar-refractivity contribution is -0.126. The molecule has 0 radical (unpaired) electrons. The predicted molar refractivity (Wildman–Crippen MR) is 48.2 cm³/mol. The summed E-state index contributed by atoms with van der Waals surface area (Å²) in [5.74, 6) is -0.000926. The van der Waals surface area contributed by atoms with E-state index in [1.54, 1.807) is 0 Å². The Morgan fingerprint density at radius 3 is 3.00 bits per heavy atom. The second kappa shape index (κ2) is 5.19. The molecule has 1 fully saturated rings. The summed E-state index contributed by atoms with van der Waals surface area (Å²) in [5.41, 5.74) is 0. The maximum Gasteiger partial charge on any atom is 0.225 e. The summed E-state index contributed by atoms with van der Waals surface area (Å²) in [6, 6.07) is -0.104. The Morgan fingerprint density at radius 2 is 2.54 bits per heavy atom. The van der Waals surface area contributed by atoms with Gasteiger partial charge in [0.05, 0.1) is 25.2 Å². The first-order valence-corrected chi connectivity index (χ1v) is 4.77. The number of hydrogen-bond acceptors (Lipinski definition) is 3. The van der Waals surface area contributed by atoms with Crippen molar-refractivity contribution in [3.8, 4) is 0 Å². The first-order chi connectivity index (χ1) is 6.27. The second-order valence-electron chi connectivity index (χ2n) is 3.36. The van der Waals surface area contributed by atoms with Crippen LogP contribution in [0.2, 0.25) is 0 Å². The zero-order chi connectivity index (χ0) is 9.68. The van der Waals surface area contributed by atoms with E-state index in [0.29, 0.717) is 13.2 Å². The minimum Gasteiger partial charge on any atom is -0.394 e. The fourth-order valence-corrected chi connectivity index (χ4v) is 1.34. The van der Waals surface area contributed by atoms with Gasteiger partial charge in [0.1, 0.15) is 0 Å². The number of aliphatic hydroxyl groups is 1. The SMILES string of the molecule is CC[C@H](CO)NC(=O)C1CCOC1. The first kappa shape index (κ1) is 10.5. The molecule has 2 atom stereocenters. The molecule has 2 N–H and O–H groups in total. The minimum absolute atomic E-state index is 0.00974. The number of aliphatic hydroxyl groups excluding tert-OH is 1. The van der Waals surface area contributed by atoms with Crippen molar-refractivity contribution < 1.29 is 14.6 Å². The average molecular weight is 187 g/mol. The lowest BCUT2D eigenvalue weighted by Gasteiger charge is -2.16. The zero-order valence-electron chi connectivity index (χ0n) is 7.95. The van der Waals surface area contributed by atoms with E-state index in [-0.39, 0.29) is 24.5 Å². The van der Waals surface area contributed by atoms with Gasteiger partial charge in [0.2, 0.25) is 5.91 Å². The largest absolute Gasteiger partial charge is 0.394 e. The summed E-state index contributed by atoms with van der Waals surface area (Å²) in [6.45, 7) is 3.14. The van der Waals surface area contributed by atoms with Crippen molar-refractivity contribution in [1.82, 2.24) is 5.32 Å². The number of rotatable bonds is 4. The Kier molecular flexibility index (Phi) is 4.18. The highest BCUT2D eigenvalue weighted by atomic mass is 16.5. The molecule has 1 rings (SSSR count). The summed E-state index contributed by atoms with van der Waals surface area (Å²) < 4.78 is 5.10. The Hall–Kier alpha value is -0.610. The Balaban J connectivity index is 2.30. The lowest BCUT2D eigenvalue weighted by atomic mass is 10.1. The van der Waals surface area contributed by atoms with Gasteiger partial charge in [-0.25, -0.2) is 0 Å². The third-order valence-electron chi connectivity index (χ3n) is 2.36. The minimum atomic E-state index is -0.104. The van der Waals surface area contributed by atoms with Crippen molar-refractivity contribution in [2.24, 2.45) is 5.92 Å². The van der Waals surface area contributed by atoms with Crippen LogP contribution >= 0.6 is 0 Å². The molecule has 76 valence electrons.